The van der Waals surface area contributed by atoms with E-state index in [0.717, 1.165) is 18.6 Å². The van der Waals surface area contributed by atoms with Crippen molar-refractivity contribution in [1.82, 2.24) is 0 Å². The number of rotatable bonds is 4. The van der Waals surface area contributed by atoms with Crippen molar-refractivity contribution < 1.29 is 26.0 Å². The van der Waals surface area contributed by atoms with Gasteiger partial charge in [0.1, 0.15) is 10.6 Å². The predicted octanol–water partition coefficient (Wildman–Crippen LogP) is 2.43. The van der Waals surface area contributed by atoms with E-state index in [1.165, 1.54) is 36.4 Å². The molecule has 0 spiro atoms. The Morgan fingerprint density at radius 1 is 0.864 bits per heavy atom. The summed E-state index contributed by atoms with van der Waals surface area (Å²) in [7, 11) is -7.34. The number of benzene rings is 2. The van der Waals surface area contributed by atoms with Crippen molar-refractivity contribution in [3.05, 3.63) is 48.3 Å². The van der Waals surface area contributed by atoms with Gasteiger partial charge in [-0.05, 0) is 30.3 Å². The van der Waals surface area contributed by atoms with Crippen molar-refractivity contribution in [1.29, 1.82) is 0 Å². The zero-order valence-corrected chi connectivity index (χ0v) is 13.4. The number of hydrogen-bond acceptors (Lipinski definition) is 5. The Kier molecular flexibility index (Phi) is 4.25. The molecular formula is C14H13FO5S2. The summed E-state index contributed by atoms with van der Waals surface area (Å²) in [6.07, 6.45) is 1.88. The molecule has 22 heavy (non-hydrogen) atoms. The summed E-state index contributed by atoms with van der Waals surface area (Å²) in [5.41, 5.74) is 0. The highest BCUT2D eigenvalue weighted by molar-refractivity contribution is 7.91. The monoisotopic (exact) mass is 344 g/mol. The van der Waals surface area contributed by atoms with E-state index in [1.54, 1.807) is 0 Å². The van der Waals surface area contributed by atoms with Gasteiger partial charge in [-0.25, -0.2) is 21.2 Å². The van der Waals surface area contributed by atoms with Crippen LogP contribution in [0.25, 0.3) is 0 Å². The van der Waals surface area contributed by atoms with E-state index >= 15 is 0 Å². The molecule has 0 heterocycles. The summed E-state index contributed by atoms with van der Waals surface area (Å²) in [4.78, 5) is -0.479. The van der Waals surface area contributed by atoms with E-state index < -0.39 is 25.5 Å². The van der Waals surface area contributed by atoms with Crippen LogP contribution in [-0.4, -0.2) is 29.3 Å². The van der Waals surface area contributed by atoms with Crippen LogP contribution in [0.5, 0.6) is 11.5 Å². The molecule has 0 saturated carbocycles. The largest absolute Gasteiger partial charge is 0.453 e. The number of halogens is 1. The number of para-hydroxylation sites is 1. The molecule has 0 aliphatic carbocycles. The Labute approximate surface area is 128 Å². The van der Waals surface area contributed by atoms with Crippen LogP contribution in [0.2, 0.25) is 0 Å². The maximum Gasteiger partial charge on any atom is 0.179 e. The quantitative estimate of drug-likeness (QED) is 0.851. The van der Waals surface area contributed by atoms with Gasteiger partial charge in [0.05, 0.1) is 4.90 Å². The third kappa shape index (κ3) is 3.63. The molecule has 0 saturated heterocycles. The summed E-state index contributed by atoms with van der Waals surface area (Å²) < 4.78 is 65.6. The van der Waals surface area contributed by atoms with Gasteiger partial charge < -0.3 is 4.74 Å². The van der Waals surface area contributed by atoms with E-state index in [4.69, 9.17) is 4.74 Å². The van der Waals surface area contributed by atoms with Crippen LogP contribution in [0.4, 0.5) is 4.39 Å². The SMILES string of the molecule is CS(=O)(=O)c1ccc(Oc2ccccc2F)c(S(C)(=O)=O)c1. The lowest BCUT2D eigenvalue weighted by atomic mass is 10.3. The molecule has 0 bridgehead atoms. The van der Waals surface area contributed by atoms with Crippen LogP contribution >= 0.6 is 0 Å². The second-order valence-corrected chi connectivity index (χ2v) is 8.69. The molecule has 2 aromatic carbocycles. The molecular weight excluding hydrogens is 331 g/mol. The fraction of sp³-hybridized carbons (Fsp3) is 0.143. The lowest BCUT2D eigenvalue weighted by Gasteiger charge is -2.11. The number of sulfone groups is 2. The highest BCUT2D eigenvalue weighted by Gasteiger charge is 2.20. The topological polar surface area (TPSA) is 77.5 Å². The summed E-state index contributed by atoms with van der Waals surface area (Å²) in [6.45, 7) is 0. The molecule has 0 amide bonds. The predicted molar refractivity (Wildman–Crippen MR) is 79.1 cm³/mol. The van der Waals surface area contributed by atoms with Crippen molar-refractivity contribution >= 4 is 19.7 Å². The zero-order chi connectivity index (χ0) is 16.5. The molecule has 2 rings (SSSR count). The van der Waals surface area contributed by atoms with Crippen LogP contribution in [0.1, 0.15) is 0 Å². The van der Waals surface area contributed by atoms with E-state index in [1.807, 2.05) is 0 Å². The first-order valence-corrected chi connectivity index (χ1v) is 9.84. The van der Waals surface area contributed by atoms with Gasteiger partial charge in [-0.15, -0.1) is 0 Å². The summed E-state index contributed by atoms with van der Waals surface area (Å²) in [5, 5.41) is 0. The average Bonchev–Trinajstić information content (AvgIpc) is 2.39. The molecule has 0 unspecified atom stereocenters. The first kappa shape index (κ1) is 16.4. The first-order chi connectivity index (χ1) is 10.1. The molecule has 0 fully saturated rings. The molecule has 0 N–H and O–H groups in total. The second-order valence-electron chi connectivity index (χ2n) is 4.69. The molecule has 0 aliphatic heterocycles. The fourth-order valence-electron chi connectivity index (χ4n) is 1.74. The summed E-state index contributed by atoms with van der Waals surface area (Å²) in [6, 6.07) is 8.91. The van der Waals surface area contributed by atoms with Crippen LogP contribution in [-0.2, 0) is 19.7 Å². The fourth-order valence-corrected chi connectivity index (χ4v) is 3.28. The van der Waals surface area contributed by atoms with Gasteiger partial charge in [0, 0.05) is 12.5 Å². The van der Waals surface area contributed by atoms with Crippen LogP contribution < -0.4 is 4.74 Å². The lowest BCUT2D eigenvalue weighted by molar-refractivity contribution is 0.431. The Balaban J connectivity index is 2.60. The van der Waals surface area contributed by atoms with Gasteiger partial charge in [-0.3, -0.25) is 0 Å². The molecule has 5 nitrogen and oxygen atoms in total. The molecule has 118 valence electrons. The molecule has 0 aliphatic rings. The van der Waals surface area contributed by atoms with Crippen LogP contribution in [0.3, 0.4) is 0 Å². The van der Waals surface area contributed by atoms with Crippen molar-refractivity contribution in [2.75, 3.05) is 12.5 Å². The van der Waals surface area contributed by atoms with Gasteiger partial charge in [-0.2, -0.15) is 0 Å². The summed E-state index contributed by atoms with van der Waals surface area (Å²) >= 11 is 0. The lowest BCUT2D eigenvalue weighted by Crippen LogP contribution is -2.04. The highest BCUT2D eigenvalue weighted by Crippen LogP contribution is 2.32. The van der Waals surface area contributed by atoms with E-state index in [9.17, 15) is 21.2 Å². The minimum atomic E-state index is -3.76. The molecule has 0 atom stereocenters. The third-order valence-corrected chi connectivity index (χ3v) is 5.03. The van der Waals surface area contributed by atoms with Gasteiger partial charge >= 0.3 is 0 Å². The van der Waals surface area contributed by atoms with Crippen molar-refractivity contribution in [2.45, 2.75) is 9.79 Å². The zero-order valence-electron chi connectivity index (χ0n) is 11.8. The van der Waals surface area contributed by atoms with Gasteiger partial charge in [0.25, 0.3) is 0 Å². The number of hydrogen-bond donors (Lipinski definition) is 0. The minimum Gasteiger partial charge on any atom is -0.453 e. The normalized spacial score (nSPS) is 12.1. The number of ether oxygens (including phenoxy) is 1. The van der Waals surface area contributed by atoms with Gasteiger partial charge in [-0.1, -0.05) is 12.1 Å². The van der Waals surface area contributed by atoms with E-state index in [2.05, 4.69) is 0 Å². The molecule has 0 aromatic heterocycles. The van der Waals surface area contributed by atoms with Crippen LogP contribution in [0, 0.1) is 5.82 Å². The molecule has 0 radical (unpaired) electrons. The van der Waals surface area contributed by atoms with Gasteiger partial charge in [0.15, 0.2) is 31.2 Å². The van der Waals surface area contributed by atoms with Gasteiger partial charge in [0.2, 0.25) is 0 Å². The standard InChI is InChI=1S/C14H13FO5S2/c1-21(16,17)10-7-8-13(14(9-10)22(2,18)19)20-12-6-4-3-5-11(12)15/h3-9H,1-2H3. The Bertz CT molecular complexity index is 918. The Morgan fingerprint density at radius 2 is 1.50 bits per heavy atom. The molecule has 2 aromatic rings. The maximum absolute atomic E-state index is 13.6. The highest BCUT2D eigenvalue weighted by atomic mass is 32.2. The van der Waals surface area contributed by atoms with Crippen molar-refractivity contribution in [3.8, 4) is 11.5 Å². The smallest absolute Gasteiger partial charge is 0.179 e. The Hall–Kier alpha value is -1.93. The average molecular weight is 344 g/mol. The maximum atomic E-state index is 13.6. The van der Waals surface area contributed by atoms with E-state index in [-0.39, 0.29) is 21.3 Å². The minimum absolute atomic E-state index is 0.139. The Morgan fingerprint density at radius 3 is 2.05 bits per heavy atom. The summed E-state index contributed by atoms with van der Waals surface area (Å²) in [5.74, 6) is -0.950. The van der Waals surface area contributed by atoms with Crippen LogP contribution in [0.15, 0.2) is 52.3 Å². The second kappa shape index (κ2) is 5.69. The van der Waals surface area contributed by atoms with Crippen molar-refractivity contribution in [2.24, 2.45) is 0 Å². The van der Waals surface area contributed by atoms with E-state index in [0.29, 0.717) is 0 Å². The third-order valence-electron chi connectivity index (χ3n) is 2.80. The first-order valence-electron chi connectivity index (χ1n) is 6.05. The molecule has 8 heteroatoms. The van der Waals surface area contributed by atoms with Crippen molar-refractivity contribution in [3.63, 3.8) is 0 Å².